The summed E-state index contributed by atoms with van der Waals surface area (Å²) in [5.41, 5.74) is 1.38. The molecule has 4 nitrogen and oxygen atoms in total. The Bertz CT molecular complexity index is 583. The number of fused-ring (bicyclic) bond motifs is 1. The number of carbonyl (C=O) groups excluding carboxylic acids is 2. The van der Waals surface area contributed by atoms with Gasteiger partial charge in [-0.3, -0.25) is 4.79 Å². The highest BCUT2D eigenvalue weighted by atomic mass is 16.5. The number of methoxy groups -OCH3 is 1. The standard InChI is InChI=1S/C13H13NO3/c1-9(15)8-14-7-6-10-11(13(16)17-2)4-3-5-12(10)14/h3-7H,8H2,1-2H3. The van der Waals surface area contributed by atoms with Crippen LogP contribution in [0.5, 0.6) is 0 Å². The van der Waals surface area contributed by atoms with Gasteiger partial charge in [-0.05, 0) is 25.1 Å². The van der Waals surface area contributed by atoms with E-state index in [1.54, 1.807) is 18.3 Å². The lowest BCUT2D eigenvalue weighted by Gasteiger charge is -2.04. The van der Waals surface area contributed by atoms with E-state index < -0.39 is 0 Å². The summed E-state index contributed by atoms with van der Waals surface area (Å²) in [4.78, 5) is 22.7. The summed E-state index contributed by atoms with van der Waals surface area (Å²) in [5.74, 6) is -0.290. The summed E-state index contributed by atoms with van der Waals surface area (Å²) in [7, 11) is 1.35. The van der Waals surface area contributed by atoms with E-state index in [4.69, 9.17) is 4.74 Å². The molecule has 0 amide bonds. The molecule has 1 aromatic heterocycles. The fourth-order valence-electron chi connectivity index (χ4n) is 1.89. The average molecular weight is 231 g/mol. The van der Waals surface area contributed by atoms with Crippen molar-refractivity contribution in [3.05, 3.63) is 36.0 Å². The number of ether oxygens (including phenoxy) is 1. The highest BCUT2D eigenvalue weighted by molar-refractivity contribution is 6.04. The molecule has 0 atom stereocenters. The minimum atomic E-state index is -0.365. The number of ketones is 1. The van der Waals surface area contributed by atoms with Crippen molar-refractivity contribution in [2.75, 3.05) is 7.11 Å². The Hall–Kier alpha value is -2.10. The highest BCUT2D eigenvalue weighted by Gasteiger charge is 2.12. The lowest BCUT2D eigenvalue weighted by Crippen LogP contribution is -2.05. The van der Waals surface area contributed by atoms with Gasteiger partial charge in [-0.1, -0.05) is 6.07 Å². The van der Waals surface area contributed by atoms with Crippen molar-refractivity contribution in [2.24, 2.45) is 0 Å². The van der Waals surface area contributed by atoms with E-state index in [1.807, 2.05) is 16.7 Å². The van der Waals surface area contributed by atoms with Crippen LogP contribution in [0.4, 0.5) is 0 Å². The first-order valence-electron chi connectivity index (χ1n) is 5.29. The van der Waals surface area contributed by atoms with E-state index in [9.17, 15) is 9.59 Å². The number of nitrogens with zero attached hydrogens (tertiary/aromatic N) is 1. The first-order chi connectivity index (χ1) is 8.13. The molecule has 0 bridgehead atoms. The fraction of sp³-hybridized carbons (Fsp3) is 0.231. The largest absolute Gasteiger partial charge is 0.465 e. The lowest BCUT2D eigenvalue weighted by atomic mass is 10.1. The molecule has 0 N–H and O–H groups in total. The van der Waals surface area contributed by atoms with Crippen LogP contribution in [0.2, 0.25) is 0 Å². The number of rotatable bonds is 3. The molecule has 17 heavy (non-hydrogen) atoms. The lowest BCUT2D eigenvalue weighted by molar-refractivity contribution is -0.117. The molecule has 1 aromatic carbocycles. The zero-order valence-corrected chi connectivity index (χ0v) is 9.77. The number of hydrogen-bond donors (Lipinski definition) is 0. The Balaban J connectivity index is 2.56. The van der Waals surface area contributed by atoms with Crippen molar-refractivity contribution in [2.45, 2.75) is 13.5 Å². The fourth-order valence-corrected chi connectivity index (χ4v) is 1.89. The maximum atomic E-state index is 11.6. The maximum Gasteiger partial charge on any atom is 0.338 e. The molecule has 0 saturated heterocycles. The van der Waals surface area contributed by atoms with E-state index >= 15 is 0 Å². The van der Waals surface area contributed by atoms with Crippen LogP contribution in [-0.2, 0) is 16.1 Å². The topological polar surface area (TPSA) is 48.3 Å². The quantitative estimate of drug-likeness (QED) is 0.759. The van der Waals surface area contributed by atoms with Gasteiger partial charge in [0, 0.05) is 17.1 Å². The van der Waals surface area contributed by atoms with Gasteiger partial charge in [-0.15, -0.1) is 0 Å². The van der Waals surface area contributed by atoms with E-state index in [2.05, 4.69) is 0 Å². The molecule has 0 radical (unpaired) electrons. The average Bonchev–Trinajstić information content (AvgIpc) is 2.71. The van der Waals surface area contributed by atoms with Crippen LogP contribution >= 0.6 is 0 Å². The highest BCUT2D eigenvalue weighted by Crippen LogP contribution is 2.21. The number of carbonyl (C=O) groups is 2. The van der Waals surface area contributed by atoms with Crippen molar-refractivity contribution in [3.63, 3.8) is 0 Å². The summed E-state index contributed by atoms with van der Waals surface area (Å²) < 4.78 is 6.54. The van der Waals surface area contributed by atoms with Crippen LogP contribution in [0.1, 0.15) is 17.3 Å². The monoisotopic (exact) mass is 231 g/mol. The van der Waals surface area contributed by atoms with Crippen molar-refractivity contribution >= 4 is 22.7 Å². The first kappa shape index (κ1) is 11.4. The predicted molar refractivity (Wildman–Crippen MR) is 64.0 cm³/mol. The molecule has 0 aliphatic carbocycles. The van der Waals surface area contributed by atoms with Gasteiger partial charge < -0.3 is 9.30 Å². The molecular formula is C13H13NO3. The number of benzene rings is 1. The van der Waals surface area contributed by atoms with Gasteiger partial charge >= 0.3 is 5.97 Å². The molecule has 0 fully saturated rings. The molecule has 4 heteroatoms. The third-order valence-electron chi connectivity index (χ3n) is 2.61. The summed E-state index contributed by atoms with van der Waals surface area (Å²) in [6, 6.07) is 7.20. The van der Waals surface area contributed by atoms with Crippen molar-refractivity contribution in [3.8, 4) is 0 Å². The molecule has 1 heterocycles. The van der Waals surface area contributed by atoms with Crippen LogP contribution < -0.4 is 0 Å². The third-order valence-corrected chi connectivity index (χ3v) is 2.61. The smallest absolute Gasteiger partial charge is 0.338 e. The number of Topliss-reactive ketones (excluding diaryl/α,β-unsaturated/α-hetero) is 1. The second kappa shape index (κ2) is 4.41. The Kier molecular flexibility index (Phi) is 2.95. The molecule has 0 aliphatic heterocycles. The zero-order valence-electron chi connectivity index (χ0n) is 9.77. The van der Waals surface area contributed by atoms with Crippen LogP contribution in [-0.4, -0.2) is 23.4 Å². The third kappa shape index (κ3) is 2.06. The summed E-state index contributed by atoms with van der Waals surface area (Å²) in [6.45, 7) is 1.85. The minimum Gasteiger partial charge on any atom is -0.465 e. The van der Waals surface area contributed by atoms with E-state index in [0.717, 1.165) is 10.9 Å². The molecule has 2 rings (SSSR count). The number of hydrogen-bond acceptors (Lipinski definition) is 3. The van der Waals surface area contributed by atoms with Crippen molar-refractivity contribution < 1.29 is 14.3 Å². The Morgan fingerprint density at radius 1 is 1.29 bits per heavy atom. The van der Waals surface area contributed by atoms with Gasteiger partial charge in [0.25, 0.3) is 0 Å². The Labute approximate surface area is 98.8 Å². The zero-order chi connectivity index (χ0) is 12.4. The SMILES string of the molecule is COC(=O)c1cccc2c1ccn2CC(C)=O. The molecule has 0 saturated carbocycles. The van der Waals surface area contributed by atoms with E-state index in [1.165, 1.54) is 14.0 Å². The van der Waals surface area contributed by atoms with Crippen LogP contribution in [0.15, 0.2) is 30.5 Å². The normalized spacial score (nSPS) is 10.5. The Morgan fingerprint density at radius 3 is 2.71 bits per heavy atom. The van der Waals surface area contributed by atoms with Gasteiger partial charge in [-0.25, -0.2) is 4.79 Å². The molecule has 0 unspecified atom stereocenters. The number of aromatic nitrogens is 1. The molecule has 0 spiro atoms. The van der Waals surface area contributed by atoms with E-state index in [0.29, 0.717) is 12.1 Å². The summed E-state index contributed by atoms with van der Waals surface area (Å²) >= 11 is 0. The van der Waals surface area contributed by atoms with Gasteiger partial charge in [0.1, 0.15) is 5.78 Å². The summed E-state index contributed by atoms with van der Waals surface area (Å²) in [6.07, 6.45) is 1.80. The molecule has 2 aromatic rings. The van der Waals surface area contributed by atoms with Crippen LogP contribution in [0.25, 0.3) is 10.9 Å². The van der Waals surface area contributed by atoms with Gasteiger partial charge in [0.2, 0.25) is 0 Å². The predicted octanol–water partition coefficient (Wildman–Crippen LogP) is 2.02. The second-order valence-corrected chi connectivity index (χ2v) is 3.88. The summed E-state index contributed by atoms with van der Waals surface area (Å²) in [5, 5.41) is 0.806. The van der Waals surface area contributed by atoms with Crippen molar-refractivity contribution in [1.29, 1.82) is 0 Å². The second-order valence-electron chi connectivity index (χ2n) is 3.88. The molecule has 0 aliphatic rings. The maximum absolute atomic E-state index is 11.6. The molecule has 88 valence electrons. The first-order valence-corrected chi connectivity index (χ1v) is 5.29. The minimum absolute atomic E-state index is 0.0750. The van der Waals surface area contributed by atoms with Gasteiger partial charge in [0.15, 0.2) is 0 Å². The van der Waals surface area contributed by atoms with Crippen LogP contribution in [0, 0.1) is 0 Å². The van der Waals surface area contributed by atoms with E-state index in [-0.39, 0.29) is 11.8 Å². The van der Waals surface area contributed by atoms with Crippen molar-refractivity contribution in [1.82, 2.24) is 4.57 Å². The molecular weight excluding hydrogens is 218 g/mol. The number of esters is 1. The van der Waals surface area contributed by atoms with Crippen LogP contribution in [0.3, 0.4) is 0 Å². The van der Waals surface area contributed by atoms with Gasteiger partial charge in [0.05, 0.1) is 19.2 Å². The Morgan fingerprint density at radius 2 is 2.06 bits per heavy atom. The van der Waals surface area contributed by atoms with Gasteiger partial charge in [-0.2, -0.15) is 0 Å².